The molecule has 4 rings (SSSR count). The summed E-state index contributed by atoms with van der Waals surface area (Å²) in [7, 11) is -3.69. The third kappa shape index (κ3) is 5.71. The van der Waals surface area contributed by atoms with E-state index in [1.54, 1.807) is 53.4 Å². The zero-order valence-electron chi connectivity index (χ0n) is 17.7. The number of sulfonamides is 1. The van der Waals surface area contributed by atoms with Gasteiger partial charge in [0.2, 0.25) is 0 Å². The minimum absolute atomic E-state index is 0.105. The van der Waals surface area contributed by atoms with Crippen molar-refractivity contribution in [1.82, 2.24) is 9.80 Å². The Morgan fingerprint density at radius 2 is 1.61 bits per heavy atom. The van der Waals surface area contributed by atoms with Crippen molar-refractivity contribution in [3.63, 3.8) is 0 Å². The summed E-state index contributed by atoms with van der Waals surface area (Å²) in [4.78, 5) is 17.0. The number of nitrogens with one attached hydrogen (secondary N) is 1. The Balaban J connectivity index is 1.33. The highest BCUT2D eigenvalue weighted by molar-refractivity contribution is 7.92. The molecular weight excluding hydrogens is 465 g/mol. The second-order valence-corrected chi connectivity index (χ2v) is 9.89. The third-order valence-corrected chi connectivity index (χ3v) is 7.26. The minimum Gasteiger partial charge on any atom is -0.336 e. The highest BCUT2D eigenvalue weighted by atomic mass is 35.5. The van der Waals surface area contributed by atoms with Crippen molar-refractivity contribution in [2.45, 2.75) is 11.4 Å². The van der Waals surface area contributed by atoms with Gasteiger partial charge in [-0.3, -0.25) is 14.4 Å². The fraction of sp³-hybridized carbons (Fsp3) is 0.208. The molecule has 33 heavy (non-hydrogen) atoms. The Kier molecular flexibility index (Phi) is 6.97. The smallest absolute Gasteiger partial charge is 0.261 e. The van der Waals surface area contributed by atoms with Crippen LogP contribution in [-0.4, -0.2) is 50.3 Å². The van der Waals surface area contributed by atoms with Crippen LogP contribution in [0.5, 0.6) is 0 Å². The standard InChI is InChI=1S/C24H23ClFN3O3S/c25-23-16-20(26)9-6-19(23)17-28-12-14-29(15-13-28)24(30)18-7-10-21(11-8-18)27-33(31,32)22-4-2-1-3-5-22/h1-11,16,27H,12-15,17H2. The van der Waals surface area contributed by atoms with Gasteiger partial charge in [-0.25, -0.2) is 12.8 Å². The number of carbonyl (C=O) groups excluding carboxylic acids is 1. The Labute approximate surface area is 197 Å². The molecule has 0 spiro atoms. The van der Waals surface area contributed by atoms with E-state index in [0.717, 1.165) is 5.56 Å². The second-order valence-electron chi connectivity index (χ2n) is 7.80. The van der Waals surface area contributed by atoms with Gasteiger partial charge in [-0.05, 0) is 54.1 Å². The molecule has 1 heterocycles. The van der Waals surface area contributed by atoms with Crippen molar-refractivity contribution in [3.8, 4) is 0 Å². The van der Waals surface area contributed by atoms with E-state index in [9.17, 15) is 17.6 Å². The molecule has 3 aromatic rings. The lowest BCUT2D eigenvalue weighted by atomic mass is 10.1. The van der Waals surface area contributed by atoms with Gasteiger partial charge < -0.3 is 4.90 Å². The first kappa shape index (κ1) is 23.2. The van der Waals surface area contributed by atoms with Gasteiger partial charge in [0.1, 0.15) is 5.82 Å². The number of amides is 1. The average Bonchev–Trinajstić information content (AvgIpc) is 2.82. The lowest BCUT2D eigenvalue weighted by Gasteiger charge is -2.35. The summed E-state index contributed by atoms with van der Waals surface area (Å²) in [5, 5.41) is 0.400. The van der Waals surface area contributed by atoms with E-state index >= 15 is 0 Å². The summed E-state index contributed by atoms with van der Waals surface area (Å²) in [5.41, 5.74) is 1.73. The van der Waals surface area contributed by atoms with Crippen LogP contribution in [0.15, 0.2) is 77.7 Å². The van der Waals surface area contributed by atoms with Crippen LogP contribution in [0, 0.1) is 5.82 Å². The number of hydrogen-bond acceptors (Lipinski definition) is 4. The average molecular weight is 488 g/mol. The van der Waals surface area contributed by atoms with Gasteiger partial charge in [-0.2, -0.15) is 0 Å². The van der Waals surface area contributed by atoms with E-state index in [4.69, 9.17) is 11.6 Å². The molecule has 1 N–H and O–H groups in total. The normalized spacial score (nSPS) is 14.8. The van der Waals surface area contributed by atoms with Gasteiger partial charge in [0.15, 0.2) is 0 Å². The highest BCUT2D eigenvalue weighted by Crippen LogP contribution is 2.21. The zero-order chi connectivity index (χ0) is 23.4. The van der Waals surface area contributed by atoms with Crippen LogP contribution in [0.1, 0.15) is 15.9 Å². The molecule has 0 saturated carbocycles. The first-order chi connectivity index (χ1) is 15.8. The summed E-state index contributed by atoms with van der Waals surface area (Å²) in [6.07, 6.45) is 0. The molecule has 0 atom stereocenters. The van der Waals surface area contributed by atoms with Crippen molar-refractivity contribution in [2.24, 2.45) is 0 Å². The molecule has 0 unspecified atom stereocenters. The van der Waals surface area contributed by atoms with E-state index in [-0.39, 0.29) is 16.6 Å². The molecule has 3 aromatic carbocycles. The molecule has 1 saturated heterocycles. The van der Waals surface area contributed by atoms with Gasteiger partial charge in [0.25, 0.3) is 15.9 Å². The molecular formula is C24H23ClFN3O3S. The van der Waals surface area contributed by atoms with Gasteiger partial charge in [0, 0.05) is 49.0 Å². The van der Waals surface area contributed by atoms with Crippen LogP contribution < -0.4 is 4.72 Å². The lowest BCUT2D eigenvalue weighted by molar-refractivity contribution is 0.0628. The van der Waals surface area contributed by atoms with E-state index in [1.807, 2.05) is 0 Å². The molecule has 1 fully saturated rings. The predicted molar refractivity (Wildman–Crippen MR) is 126 cm³/mol. The summed E-state index contributed by atoms with van der Waals surface area (Å²) in [6.45, 7) is 3.06. The third-order valence-electron chi connectivity index (χ3n) is 5.51. The summed E-state index contributed by atoms with van der Waals surface area (Å²) >= 11 is 6.12. The number of piperazine rings is 1. The molecule has 1 aliphatic heterocycles. The first-order valence-corrected chi connectivity index (χ1v) is 12.3. The lowest BCUT2D eigenvalue weighted by Crippen LogP contribution is -2.48. The fourth-order valence-electron chi connectivity index (χ4n) is 3.68. The van der Waals surface area contributed by atoms with Crippen molar-refractivity contribution >= 4 is 33.2 Å². The Morgan fingerprint density at radius 3 is 2.24 bits per heavy atom. The number of carbonyl (C=O) groups is 1. The quantitative estimate of drug-likeness (QED) is 0.564. The van der Waals surface area contributed by atoms with Gasteiger partial charge >= 0.3 is 0 Å². The molecule has 0 radical (unpaired) electrons. The van der Waals surface area contributed by atoms with Crippen molar-refractivity contribution in [2.75, 3.05) is 30.9 Å². The van der Waals surface area contributed by atoms with Crippen LogP contribution in [0.2, 0.25) is 5.02 Å². The molecule has 172 valence electrons. The summed E-state index contributed by atoms with van der Waals surface area (Å²) < 4.78 is 40.7. The van der Waals surface area contributed by atoms with E-state index < -0.39 is 10.0 Å². The van der Waals surface area contributed by atoms with Gasteiger partial charge in [-0.15, -0.1) is 0 Å². The van der Waals surface area contributed by atoms with Crippen LogP contribution in [0.3, 0.4) is 0 Å². The number of rotatable bonds is 6. The van der Waals surface area contributed by atoms with Crippen LogP contribution in [-0.2, 0) is 16.6 Å². The number of halogens is 2. The van der Waals surface area contributed by atoms with E-state index in [0.29, 0.717) is 49.0 Å². The maximum atomic E-state index is 13.2. The Bertz CT molecular complexity index is 1230. The van der Waals surface area contributed by atoms with Crippen LogP contribution in [0.4, 0.5) is 10.1 Å². The first-order valence-electron chi connectivity index (χ1n) is 10.5. The Hall–Kier alpha value is -2.94. The Morgan fingerprint density at radius 1 is 0.939 bits per heavy atom. The minimum atomic E-state index is -3.69. The van der Waals surface area contributed by atoms with Crippen LogP contribution >= 0.6 is 11.6 Å². The molecule has 1 aliphatic rings. The molecule has 1 amide bonds. The summed E-state index contributed by atoms with van der Waals surface area (Å²) in [6, 6.07) is 18.9. The van der Waals surface area contributed by atoms with Crippen molar-refractivity contribution in [1.29, 1.82) is 0 Å². The molecule has 6 nitrogen and oxygen atoms in total. The number of anilines is 1. The molecule has 0 bridgehead atoms. The fourth-order valence-corrected chi connectivity index (χ4v) is 4.98. The monoisotopic (exact) mass is 487 g/mol. The molecule has 0 aromatic heterocycles. The summed E-state index contributed by atoms with van der Waals surface area (Å²) in [5.74, 6) is -0.468. The van der Waals surface area contributed by atoms with Crippen molar-refractivity contribution < 1.29 is 17.6 Å². The molecule has 9 heteroatoms. The van der Waals surface area contributed by atoms with Gasteiger partial charge in [0.05, 0.1) is 4.90 Å². The molecule has 0 aliphatic carbocycles. The largest absolute Gasteiger partial charge is 0.336 e. The maximum absolute atomic E-state index is 13.2. The highest BCUT2D eigenvalue weighted by Gasteiger charge is 2.23. The van der Waals surface area contributed by atoms with Crippen LogP contribution in [0.25, 0.3) is 0 Å². The number of hydrogen-bond donors (Lipinski definition) is 1. The second kappa shape index (κ2) is 9.91. The van der Waals surface area contributed by atoms with E-state index in [1.165, 1.54) is 24.3 Å². The van der Waals surface area contributed by atoms with Gasteiger partial charge in [-0.1, -0.05) is 35.9 Å². The predicted octanol–water partition coefficient (Wildman–Crippen LogP) is 4.24. The zero-order valence-corrected chi connectivity index (χ0v) is 19.3. The SMILES string of the molecule is O=C(c1ccc(NS(=O)(=O)c2ccccc2)cc1)N1CCN(Cc2ccc(F)cc2Cl)CC1. The maximum Gasteiger partial charge on any atom is 0.261 e. The topological polar surface area (TPSA) is 69.7 Å². The van der Waals surface area contributed by atoms with E-state index in [2.05, 4.69) is 9.62 Å². The number of nitrogens with zero attached hydrogens (tertiary/aromatic N) is 2. The van der Waals surface area contributed by atoms with Crippen molar-refractivity contribution in [3.05, 3.63) is 94.8 Å². The number of benzene rings is 3.